The van der Waals surface area contributed by atoms with Crippen LogP contribution in [-0.4, -0.2) is 11.7 Å². The van der Waals surface area contributed by atoms with Gasteiger partial charge in [-0.3, -0.25) is 4.98 Å². The standard InChI is InChI=1S/C40H35N3OS2/c1-25-26(2)43(24-42(25)28-12-7-6-8-13-28)29-14-11-15-30(21-29)44-37-23-33-36(45-37)22-32-31-16-9-10-17-35(31)46-39(32)38(33)34-20-27(18-19-41-34)40(3,4)5/h6-23H,24H2,1-5H3. The Morgan fingerprint density at radius 3 is 2.22 bits per heavy atom. The van der Waals surface area contributed by atoms with Gasteiger partial charge in [0, 0.05) is 76.9 Å². The van der Waals surface area contributed by atoms with Gasteiger partial charge < -0.3 is 14.5 Å². The normalized spacial score (nSPS) is 13.9. The van der Waals surface area contributed by atoms with Crippen molar-refractivity contribution in [3.05, 3.63) is 126 Å². The molecule has 0 saturated heterocycles. The lowest BCUT2D eigenvalue weighted by molar-refractivity contribution is 0.497. The van der Waals surface area contributed by atoms with Crippen molar-refractivity contribution in [3.63, 3.8) is 0 Å². The molecule has 0 bridgehead atoms. The molecule has 0 radical (unpaired) electrons. The fourth-order valence-electron chi connectivity index (χ4n) is 6.40. The van der Waals surface area contributed by atoms with Crippen LogP contribution < -0.4 is 14.5 Å². The number of ether oxygens (including phenoxy) is 1. The van der Waals surface area contributed by atoms with Gasteiger partial charge in [-0.15, -0.1) is 11.3 Å². The second-order valence-electron chi connectivity index (χ2n) is 13.0. The van der Waals surface area contributed by atoms with Crippen molar-refractivity contribution in [2.75, 3.05) is 16.5 Å². The average molecular weight is 638 g/mol. The molecule has 4 nitrogen and oxygen atoms in total. The summed E-state index contributed by atoms with van der Waals surface area (Å²) in [5, 5.41) is 4.62. The minimum atomic E-state index is 0.0261. The Balaban J connectivity index is 1.19. The number of rotatable bonds is 5. The topological polar surface area (TPSA) is 28.6 Å². The van der Waals surface area contributed by atoms with Crippen LogP contribution in [0.2, 0.25) is 0 Å². The first-order valence-corrected chi connectivity index (χ1v) is 17.3. The van der Waals surface area contributed by atoms with Gasteiger partial charge in [0.25, 0.3) is 0 Å². The molecule has 4 heterocycles. The number of anilines is 2. The van der Waals surface area contributed by atoms with Crippen LogP contribution in [0.15, 0.2) is 121 Å². The number of para-hydroxylation sites is 1. The summed E-state index contributed by atoms with van der Waals surface area (Å²) in [6.07, 6.45) is 1.96. The highest BCUT2D eigenvalue weighted by molar-refractivity contribution is 7.27. The quantitative estimate of drug-likeness (QED) is 0.188. The van der Waals surface area contributed by atoms with Crippen molar-refractivity contribution < 1.29 is 4.74 Å². The highest BCUT2D eigenvalue weighted by atomic mass is 32.1. The molecule has 1 aliphatic heterocycles. The third-order valence-corrected chi connectivity index (χ3v) is 11.2. The summed E-state index contributed by atoms with van der Waals surface area (Å²) in [6, 6.07) is 36.7. The lowest BCUT2D eigenvalue weighted by atomic mass is 9.86. The van der Waals surface area contributed by atoms with E-state index >= 15 is 0 Å². The van der Waals surface area contributed by atoms with E-state index < -0.39 is 0 Å². The van der Waals surface area contributed by atoms with Crippen molar-refractivity contribution in [2.24, 2.45) is 0 Å². The Morgan fingerprint density at radius 1 is 0.674 bits per heavy atom. The van der Waals surface area contributed by atoms with Crippen LogP contribution in [0.5, 0.6) is 10.8 Å². The van der Waals surface area contributed by atoms with E-state index in [4.69, 9.17) is 9.72 Å². The van der Waals surface area contributed by atoms with Crippen molar-refractivity contribution in [1.29, 1.82) is 0 Å². The van der Waals surface area contributed by atoms with Crippen molar-refractivity contribution >= 4 is 64.3 Å². The molecule has 0 aliphatic carbocycles. The van der Waals surface area contributed by atoms with E-state index in [0.29, 0.717) is 0 Å². The van der Waals surface area contributed by atoms with Gasteiger partial charge in [-0.1, -0.05) is 74.6 Å². The third kappa shape index (κ3) is 4.93. The van der Waals surface area contributed by atoms with E-state index in [2.05, 4.69) is 141 Å². The number of hydrogen-bond donors (Lipinski definition) is 0. The molecule has 228 valence electrons. The van der Waals surface area contributed by atoms with Crippen molar-refractivity contribution in [1.82, 2.24) is 4.98 Å². The lowest BCUT2D eigenvalue weighted by Crippen LogP contribution is -2.26. The molecule has 0 saturated carbocycles. The predicted molar refractivity (Wildman–Crippen MR) is 198 cm³/mol. The number of allylic oxidation sites excluding steroid dienone is 2. The molecule has 46 heavy (non-hydrogen) atoms. The van der Waals surface area contributed by atoms with Gasteiger partial charge in [-0.25, -0.2) is 0 Å². The zero-order chi connectivity index (χ0) is 31.6. The minimum absolute atomic E-state index is 0.0261. The molecule has 0 atom stereocenters. The van der Waals surface area contributed by atoms with Crippen LogP contribution in [0, 0.1) is 0 Å². The molecule has 0 fully saturated rings. The van der Waals surface area contributed by atoms with Crippen LogP contribution in [0.3, 0.4) is 0 Å². The Morgan fingerprint density at radius 2 is 1.41 bits per heavy atom. The van der Waals surface area contributed by atoms with Crippen molar-refractivity contribution in [2.45, 2.75) is 40.0 Å². The summed E-state index contributed by atoms with van der Waals surface area (Å²) >= 11 is 3.55. The van der Waals surface area contributed by atoms with Gasteiger partial charge in [0.15, 0.2) is 5.06 Å². The maximum atomic E-state index is 6.64. The molecule has 0 amide bonds. The molecule has 7 aromatic rings. The fourth-order valence-corrected chi connectivity index (χ4v) is 8.63. The number of nitrogens with zero attached hydrogens (tertiary/aromatic N) is 3. The number of thiophene rings is 2. The maximum Gasteiger partial charge on any atom is 0.182 e. The summed E-state index contributed by atoms with van der Waals surface area (Å²) < 4.78 is 10.4. The summed E-state index contributed by atoms with van der Waals surface area (Å²) in [7, 11) is 0. The molecule has 4 aromatic carbocycles. The average Bonchev–Trinajstić information content (AvgIpc) is 3.72. The van der Waals surface area contributed by atoms with Gasteiger partial charge in [-0.2, -0.15) is 0 Å². The van der Waals surface area contributed by atoms with Gasteiger partial charge in [0.2, 0.25) is 0 Å². The van der Waals surface area contributed by atoms with E-state index in [1.165, 1.54) is 58.5 Å². The first-order chi connectivity index (χ1) is 22.2. The van der Waals surface area contributed by atoms with Gasteiger partial charge >= 0.3 is 0 Å². The minimum Gasteiger partial charge on any atom is -0.447 e. The Hall–Kier alpha value is -4.65. The Kier molecular flexibility index (Phi) is 6.89. The van der Waals surface area contributed by atoms with Crippen LogP contribution in [0.25, 0.3) is 41.5 Å². The maximum absolute atomic E-state index is 6.64. The summed E-state index contributed by atoms with van der Waals surface area (Å²) in [6.45, 7) is 11.9. The highest BCUT2D eigenvalue weighted by Gasteiger charge is 2.26. The summed E-state index contributed by atoms with van der Waals surface area (Å²) in [5.74, 6) is 0.828. The molecule has 8 rings (SSSR count). The zero-order valence-corrected chi connectivity index (χ0v) is 28.3. The number of hydrogen-bond acceptors (Lipinski definition) is 6. The van der Waals surface area contributed by atoms with Crippen LogP contribution >= 0.6 is 22.7 Å². The largest absolute Gasteiger partial charge is 0.447 e. The lowest BCUT2D eigenvalue weighted by Gasteiger charge is -2.24. The van der Waals surface area contributed by atoms with Gasteiger partial charge in [0.1, 0.15) is 5.75 Å². The van der Waals surface area contributed by atoms with Gasteiger partial charge in [0.05, 0.1) is 12.4 Å². The zero-order valence-electron chi connectivity index (χ0n) is 26.7. The monoisotopic (exact) mass is 637 g/mol. The van der Waals surface area contributed by atoms with Crippen molar-refractivity contribution in [3.8, 4) is 22.1 Å². The van der Waals surface area contributed by atoms with Crippen LogP contribution in [0.1, 0.15) is 40.2 Å². The van der Waals surface area contributed by atoms with E-state index in [1.54, 1.807) is 11.3 Å². The predicted octanol–water partition coefficient (Wildman–Crippen LogP) is 12.0. The van der Waals surface area contributed by atoms with Crippen LogP contribution in [0.4, 0.5) is 11.4 Å². The molecule has 0 unspecified atom stereocenters. The Labute approximate surface area is 277 Å². The molecular formula is C40H35N3OS2. The number of fused-ring (bicyclic) bond motifs is 4. The molecule has 3 aromatic heterocycles. The highest BCUT2D eigenvalue weighted by Crippen LogP contribution is 2.48. The fraction of sp³-hybridized carbons (Fsp3) is 0.175. The molecule has 0 spiro atoms. The molecule has 6 heteroatoms. The van der Waals surface area contributed by atoms with E-state index in [0.717, 1.165) is 28.9 Å². The molecular weight excluding hydrogens is 603 g/mol. The second-order valence-corrected chi connectivity index (χ2v) is 15.1. The van der Waals surface area contributed by atoms with Gasteiger partial charge in [-0.05, 0) is 73.4 Å². The molecule has 1 aliphatic rings. The first kappa shape index (κ1) is 28.8. The smallest absolute Gasteiger partial charge is 0.182 e. The van der Waals surface area contributed by atoms with E-state index in [1.807, 2.05) is 23.6 Å². The SMILES string of the molecule is CC1=C(C)N(c2cccc(Oc3cc4c(-c5cc(C(C)(C)C)ccn5)c5sc6ccccc6c5cc4s3)c2)CN1c1ccccc1. The first-order valence-electron chi connectivity index (χ1n) is 15.6. The number of aromatic nitrogens is 1. The van der Waals surface area contributed by atoms with E-state index in [9.17, 15) is 0 Å². The summed E-state index contributed by atoms with van der Waals surface area (Å²) in [4.78, 5) is 9.65. The second kappa shape index (κ2) is 11.0. The Bertz CT molecular complexity index is 2290. The van der Waals surface area contributed by atoms with E-state index in [-0.39, 0.29) is 5.41 Å². The summed E-state index contributed by atoms with van der Waals surface area (Å²) in [5.41, 5.74) is 8.31. The van der Waals surface area contributed by atoms with Crippen LogP contribution in [-0.2, 0) is 5.41 Å². The molecule has 0 N–H and O–H groups in total. The third-order valence-electron chi connectivity index (χ3n) is 9.06. The number of pyridine rings is 1. The number of benzene rings is 4.